The number of hydrogen-bond donors (Lipinski definition) is 1. The van der Waals surface area contributed by atoms with Crippen molar-refractivity contribution in [3.63, 3.8) is 0 Å². The van der Waals surface area contributed by atoms with E-state index in [-0.39, 0.29) is 5.56 Å². The van der Waals surface area contributed by atoms with Crippen LogP contribution in [0.25, 0.3) is 11.1 Å². The van der Waals surface area contributed by atoms with E-state index in [1.165, 1.54) is 5.56 Å². The van der Waals surface area contributed by atoms with Crippen LogP contribution in [0, 0.1) is 0 Å². The third-order valence-electron chi connectivity index (χ3n) is 6.23. The van der Waals surface area contributed by atoms with Gasteiger partial charge in [-0.3, -0.25) is 9.48 Å². The van der Waals surface area contributed by atoms with Crippen LogP contribution in [0.15, 0.2) is 59.8 Å². The molecular formula is C25H32N4O. The first kappa shape index (κ1) is 20.5. The molecule has 2 heterocycles. The van der Waals surface area contributed by atoms with Crippen LogP contribution in [-0.2, 0) is 13.6 Å². The molecule has 0 aliphatic heterocycles. The van der Waals surface area contributed by atoms with Gasteiger partial charge in [0.2, 0.25) is 0 Å². The third kappa shape index (κ3) is 4.66. The van der Waals surface area contributed by atoms with E-state index >= 15 is 0 Å². The number of nitrogens with zero attached hydrogens (tertiary/aromatic N) is 3. The molecule has 1 aliphatic rings. The van der Waals surface area contributed by atoms with Gasteiger partial charge in [0.25, 0.3) is 5.56 Å². The molecule has 1 aliphatic carbocycles. The average molecular weight is 405 g/mol. The van der Waals surface area contributed by atoms with Crippen LogP contribution < -0.4 is 10.9 Å². The van der Waals surface area contributed by atoms with Gasteiger partial charge >= 0.3 is 0 Å². The average Bonchev–Trinajstić information content (AvgIpc) is 3.22. The minimum Gasteiger partial charge on any atom is -0.378 e. The fraction of sp³-hybridized carbons (Fsp3) is 0.440. The summed E-state index contributed by atoms with van der Waals surface area (Å²) in [5, 5.41) is 7.89. The van der Waals surface area contributed by atoms with Crippen molar-refractivity contribution in [3.8, 4) is 11.1 Å². The lowest BCUT2D eigenvalue weighted by Crippen LogP contribution is -2.31. The number of unbranched alkanes of at least 4 members (excludes halogenated alkanes) is 1. The first-order chi connectivity index (χ1) is 14.6. The van der Waals surface area contributed by atoms with E-state index in [2.05, 4.69) is 47.7 Å². The minimum absolute atomic E-state index is 0.0845. The fourth-order valence-corrected chi connectivity index (χ4v) is 4.48. The van der Waals surface area contributed by atoms with Crippen LogP contribution in [0.3, 0.4) is 0 Å². The number of nitrogens with one attached hydrogen (secondary N) is 1. The summed E-state index contributed by atoms with van der Waals surface area (Å²) >= 11 is 0. The first-order valence-electron chi connectivity index (χ1n) is 11.2. The van der Waals surface area contributed by atoms with Crippen molar-refractivity contribution < 1.29 is 0 Å². The standard InChI is InChI=1S/C25H32N4O/c1-3-4-14-29-18-21(22-16-26-28(2)17-22)15-24(25(29)30)27-23-12-10-20(11-13-23)19-8-6-5-7-9-19/h5-9,15-18,20,23,27H,3-4,10-14H2,1-2H3. The maximum Gasteiger partial charge on any atom is 0.273 e. The third-order valence-corrected chi connectivity index (χ3v) is 6.23. The van der Waals surface area contributed by atoms with Crippen molar-refractivity contribution in [2.45, 2.75) is 64.0 Å². The highest BCUT2D eigenvalue weighted by atomic mass is 16.1. The van der Waals surface area contributed by atoms with Crippen LogP contribution in [0.5, 0.6) is 0 Å². The van der Waals surface area contributed by atoms with Crippen LogP contribution in [-0.4, -0.2) is 20.4 Å². The van der Waals surface area contributed by atoms with Gasteiger partial charge in [-0.1, -0.05) is 43.7 Å². The van der Waals surface area contributed by atoms with E-state index in [0.717, 1.165) is 61.9 Å². The van der Waals surface area contributed by atoms with Crippen LogP contribution in [0.2, 0.25) is 0 Å². The van der Waals surface area contributed by atoms with Crippen molar-refractivity contribution in [1.82, 2.24) is 14.3 Å². The van der Waals surface area contributed by atoms with Crippen LogP contribution in [0.4, 0.5) is 5.69 Å². The molecule has 0 bridgehead atoms. The number of rotatable bonds is 7. The molecule has 2 aromatic heterocycles. The van der Waals surface area contributed by atoms with Crippen molar-refractivity contribution in [1.29, 1.82) is 0 Å². The Morgan fingerprint density at radius 2 is 1.83 bits per heavy atom. The van der Waals surface area contributed by atoms with Gasteiger partial charge in [-0.05, 0) is 49.7 Å². The molecule has 0 unspecified atom stereocenters. The molecule has 1 N–H and O–H groups in total. The Balaban J connectivity index is 1.52. The summed E-state index contributed by atoms with van der Waals surface area (Å²) < 4.78 is 3.67. The van der Waals surface area contributed by atoms with E-state index in [4.69, 9.17) is 0 Å². The Morgan fingerprint density at radius 3 is 2.50 bits per heavy atom. The highest BCUT2D eigenvalue weighted by molar-refractivity contribution is 5.65. The van der Waals surface area contributed by atoms with Crippen LogP contribution in [0.1, 0.15) is 56.9 Å². The highest BCUT2D eigenvalue weighted by Crippen LogP contribution is 2.34. The SMILES string of the molecule is CCCCn1cc(-c2cnn(C)c2)cc(NC2CCC(c3ccccc3)CC2)c1=O. The van der Waals surface area contributed by atoms with E-state index in [0.29, 0.717) is 12.0 Å². The zero-order valence-corrected chi connectivity index (χ0v) is 18.1. The Kier molecular flexibility index (Phi) is 6.36. The summed E-state index contributed by atoms with van der Waals surface area (Å²) in [6.45, 7) is 2.90. The number of pyridine rings is 1. The topological polar surface area (TPSA) is 51.9 Å². The van der Waals surface area contributed by atoms with E-state index in [1.54, 1.807) is 4.68 Å². The normalized spacial score (nSPS) is 19.0. The molecule has 5 nitrogen and oxygen atoms in total. The second-order valence-electron chi connectivity index (χ2n) is 8.50. The minimum atomic E-state index is 0.0845. The Bertz CT molecular complexity index is 1010. The molecule has 1 saturated carbocycles. The zero-order chi connectivity index (χ0) is 20.9. The molecule has 0 atom stereocenters. The maximum atomic E-state index is 13.1. The molecule has 0 amide bonds. The fourth-order valence-electron chi connectivity index (χ4n) is 4.48. The van der Waals surface area contributed by atoms with E-state index < -0.39 is 0 Å². The molecule has 0 radical (unpaired) electrons. The van der Waals surface area contributed by atoms with E-state index in [1.807, 2.05) is 36.3 Å². The van der Waals surface area contributed by atoms with Gasteiger partial charge in [0.15, 0.2) is 0 Å². The zero-order valence-electron chi connectivity index (χ0n) is 18.1. The lowest BCUT2D eigenvalue weighted by molar-refractivity contribution is 0.412. The van der Waals surface area contributed by atoms with Gasteiger partial charge in [0.1, 0.15) is 5.69 Å². The Morgan fingerprint density at radius 1 is 1.07 bits per heavy atom. The summed E-state index contributed by atoms with van der Waals surface area (Å²) in [5.74, 6) is 0.632. The molecule has 30 heavy (non-hydrogen) atoms. The number of aromatic nitrogens is 3. The molecule has 1 aromatic carbocycles. The summed E-state index contributed by atoms with van der Waals surface area (Å²) in [7, 11) is 1.92. The Labute approximate surface area is 178 Å². The predicted molar refractivity (Wildman–Crippen MR) is 123 cm³/mol. The van der Waals surface area contributed by atoms with Crippen LogP contribution >= 0.6 is 0 Å². The second kappa shape index (κ2) is 9.33. The van der Waals surface area contributed by atoms with Gasteiger partial charge in [0.05, 0.1) is 6.20 Å². The lowest BCUT2D eigenvalue weighted by atomic mass is 9.82. The van der Waals surface area contributed by atoms with Crippen molar-refractivity contribution in [2.75, 3.05) is 5.32 Å². The number of aryl methyl sites for hydroxylation is 2. The van der Waals surface area contributed by atoms with Crippen molar-refractivity contribution in [3.05, 3.63) is 70.9 Å². The number of anilines is 1. The molecule has 0 saturated heterocycles. The molecule has 3 aromatic rings. The highest BCUT2D eigenvalue weighted by Gasteiger charge is 2.23. The monoisotopic (exact) mass is 404 g/mol. The molecule has 158 valence electrons. The molecular weight excluding hydrogens is 372 g/mol. The van der Waals surface area contributed by atoms with Gasteiger partial charge < -0.3 is 9.88 Å². The molecule has 4 rings (SSSR count). The van der Waals surface area contributed by atoms with E-state index in [9.17, 15) is 4.79 Å². The summed E-state index contributed by atoms with van der Waals surface area (Å²) in [5.41, 5.74) is 4.33. The smallest absolute Gasteiger partial charge is 0.273 e. The number of hydrogen-bond acceptors (Lipinski definition) is 3. The summed E-state index contributed by atoms with van der Waals surface area (Å²) in [6.07, 6.45) is 12.4. The van der Waals surface area contributed by atoms with Gasteiger partial charge in [-0.25, -0.2) is 0 Å². The van der Waals surface area contributed by atoms with Gasteiger partial charge in [-0.15, -0.1) is 0 Å². The predicted octanol–water partition coefficient (Wildman–Crippen LogP) is 5.19. The van der Waals surface area contributed by atoms with Gasteiger partial charge in [0, 0.05) is 43.2 Å². The lowest BCUT2D eigenvalue weighted by Gasteiger charge is -2.30. The quantitative estimate of drug-likeness (QED) is 0.590. The summed E-state index contributed by atoms with van der Waals surface area (Å²) in [6, 6.07) is 13.2. The Hall–Kier alpha value is -2.82. The molecule has 5 heteroatoms. The van der Waals surface area contributed by atoms with Gasteiger partial charge in [-0.2, -0.15) is 5.10 Å². The van der Waals surface area contributed by atoms with Crippen molar-refractivity contribution >= 4 is 5.69 Å². The largest absolute Gasteiger partial charge is 0.378 e. The first-order valence-corrected chi connectivity index (χ1v) is 11.2. The second-order valence-corrected chi connectivity index (χ2v) is 8.50. The van der Waals surface area contributed by atoms with Crippen molar-refractivity contribution in [2.24, 2.45) is 7.05 Å². The molecule has 0 spiro atoms. The summed E-state index contributed by atoms with van der Waals surface area (Å²) in [4.78, 5) is 13.1. The molecule has 1 fully saturated rings. The number of benzene rings is 1. The maximum absolute atomic E-state index is 13.1.